The first kappa shape index (κ1) is 13.7. The van der Waals surface area contributed by atoms with E-state index < -0.39 is 0 Å². The van der Waals surface area contributed by atoms with Crippen LogP contribution in [0.15, 0.2) is 18.2 Å². The number of hydrogen-bond acceptors (Lipinski definition) is 3. The molecule has 18 heavy (non-hydrogen) atoms. The number of nitrogens with zero attached hydrogens (tertiary/aromatic N) is 1. The van der Waals surface area contributed by atoms with Gasteiger partial charge in [-0.1, -0.05) is 35.3 Å². The Kier molecular flexibility index (Phi) is 4.49. The van der Waals surface area contributed by atoms with E-state index in [4.69, 9.17) is 27.9 Å². The fourth-order valence-corrected chi connectivity index (χ4v) is 2.69. The third-order valence-corrected chi connectivity index (χ3v) is 4.10. The van der Waals surface area contributed by atoms with Crippen molar-refractivity contribution in [1.29, 1.82) is 0 Å². The van der Waals surface area contributed by atoms with Crippen molar-refractivity contribution in [3.63, 3.8) is 0 Å². The van der Waals surface area contributed by atoms with Gasteiger partial charge in [-0.05, 0) is 31.0 Å². The third kappa shape index (κ3) is 2.79. The van der Waals surface area contributed by atoms with Gasteiger partial charge >= 0.3 is 5.97 Å². The molecule has 0 N–H and O–H groups in total. The van der Waals surface area contributed by atoms with E-state index in [0.29, 0.717) is 16.6 Å². The second-order valence-corrected chi connectivity index (χ2v) is 5.15. The monoisotopic (exact) mass is 287 g/mol. The van der Waals surface area contributed by atoms with Gasteiger partial charge in [0.2, 0.25) is 0 Å². The Hall–Kier alpha value is -0.770. The highest BCUT2D eigenvalue weighted by molar-refractivity contribution is 6.42. The zero-order chi connectivity index (χ0) is 13.1. The fourth-order valence-electron chi connectivity index (χ4n) is 2.31. The molecule has 1 saturated heterocycles. The molecule has 98 valence electrons. The fraction of sp³-hybridized carbons (Fsp3) is 0.462. The van der Waals surface area contributed by atoms with Crippen LogP contribution in [0, 0.1) is 0 Å². The summed E-state index contributed by atoms with van der Waals surface area (Å²) < 4.78 is 4.82. The van der Waals surface area contributed by atoms with E-state index >= 15 is 0 Å². The normalized spacial score (nSPS) is 20.1. The number of methoxy groups -OCH3 is 1. The summed E-state index contributed by atoms with van der Waals surface area (Å²) in [4.78, 5) is 13.7. The van der Waals surface area contributed by atoms with Gasteiger partial charge in [0, 0.05) is 6.54 Å². The van der Waals surface area contributed by atoms with Crippen LogP contribution in [0.3, 0.4) is 0 Å². The molecule has 3 nitrogen and oxygen atoms in total. The molecule has 1 aliphatic rings. The molecule has 0 aliphatic carbocycles. The lowest BCUT2D eigenvalue weighted by Crippen LogP contribution is -2.36. The Morgan fingerprint density at radius 2 is 2.28 bits per heavy atom. The number of carbonyl (C=O) groups excluding carboxylic acids is 1. The standard InChI is InChI=1S/C13H15Cl2NO2/c1-18-13(17)11-6-3-7-16(11)8-9-4-2-5-10(14)12(9)15/h2,4-5,11H,3,6-8H2,1H3. The van der Waals surface area contributed by atoms with E-state index in [0.717, 1.165) is 24.9 Å². The first-order chi connectivity index (χ1) is 8.63. The summed E-state index contributed by atoms with van der Waals surface area (Å²) in [6.45, 7) is 1.50. The van der Waals surface area contributed by atoms with Gasteiger partial charge < -0.3 is 4.74 Å². The molecule has 2 rings (SSSR count). The Labute approximate surface area is 117 Å². The van der Waals surface area contributed by atoms with Crippen LogP contribution in [0.2, 0.25) is 10.0 Å². The molecule has 0 bridgehead atoms. The van der Waals surface area contributed by atoms with Crippen molar-refractivity contribution in [2.24, 2.45) is 0 Å². The molecule has 0 amide bonds. The first-order valence-electron chi connectivity index (χ1n) is 5.88. The lowest BCUT2D eigenvalue weighted by atomic mass is 10.2. The van der Waals surface area contributed by atoms with Crippen LogP contribution in [-0.2, 0) is 16.1 Å². The topological polar surface area (TPSA) is 29.5 Å². The lowest BCUT2D eigenvalue weighted by Gasteiger charge is -2.22. The van der Waals surface area contributed by atoms with Gasteiger partial charge in [0.15, 0.2) is 0 Å². The van der Waals surface area contributed by atoms with Crippen LogP contribution in [0.1, 0.15) is 18.4 Å². The minimum atomic E-state index is -0.175. The highest BCUT2D eigenvalue weighted by Crippen LogP contribution is 2.29. The van der Waals surface area contributed by atoms with Gasteiger partial charge in [0.1, 0.15) is 6.04 Å². The number of halogens is 2. The molecule has 1 heterocycles. The highest BCUT2D eigenvalue weighted by Gasteiger charge is 2.31. The maximum absolute atomic E-state index is 11.6. The molecule has 5 heteroatoms. The highest BCUT2D eigenvalue weighted by atomic mass is 35.5. The van der Waals surface area contributed by atoms with E-state index in [9.17, 15) is 4.79 Å². The van der Waals surface area contributed by atoms with Gasteiger partial charge in [-0.15, -0.1) is 0 Å². The number of ether oxygens (including phenoxy) is 1. The molecule has 0 spiro atoms. The summed E-state index contributed by atoms with van der Waals surface area (Å²) in [6, 6.07) is 5.40. The smallest absolute Gasteiger partial charge is 0.323 e. The molecule has 1 fully saturated rings. The van der Waals surface area contributed by atoms with Crippen molar-refractivity contribution >= 4 is 29.2 Å². The predicted octanol–water partition coefficient (Wildman–Crippen LogP) is 3.13. The molecule has 0 saturated carbocycles. The molecule has 1 aromatic carbocycles. The molecular weight excluding hydrogens is 273 g/mol. The molecule has 0 aromatic heterocycles. The largest absolute Gasteiger partial charge is 0.468 e. The van der Waals surface area contributed by atoms with Crippen LogP contribution in [0.25, 0.3) is 0 Å². The minimum Gasteiger partial charge on any atom is -0.468 e. The van der Waals surface area contributed by atoms with Crippen molar-refractivity contribution < 1.29 is 9.53 Å². The molecule has 1 aromatic rings. The molecule has 1 unspecified atom stereocenters. The van der Waals surface area contributed by atoms with Crippen molar-refractivity contribution in [3.8, 4) is 0 Å². The predicted molar refractivity (Wildman–Crippen MR) is 71.9 cm³/mol. The Bertz CT molecular complexity index is 451. The van der Waals surface area contributed by atoms with Crippen molar-refractivity contribution in [3.05, 3.63) is 33.8 Å². The first-order valence-corrected chi connectivity index (χ1v) is 6.64. The maximum Gasteiger partial charge on any atom is 0.323 e. The van der Waals surface area contributed by atoms with Crippen LogP contribution in [0.5, 0.6) is 0 Å². The van der Waals surface area contributed by atoms with Crippen molar-refractivity contribution in [2.45, 2.75) is 25.4 Å². The Morgan fingerprint density at radius 1 is 1.50 bits per heavy atom. The van der Waals surface area contributed by atoms with Gasteiger partial charge in [0.05, 0.1) is 17.2 Å². The quantitative estimate of drug-likeness (QED) is 0.800. The summed E-state index contributed by atoms with van der Waals surface area (Å²) in [6.07, 6.45) is 1.84. The van der Waals surface area contributed by atoms with E-state index in [1.54, 1.807) is 6.07 Å². The molecular formula is C13H15Cl2NO2. The molecule has 1 aliphatic heterocycles. The minimum absolute atomic E-state index is 0.162. The summed E-state index contributed by atoms with van der Waals surface area (Å²) >= 11 is 12.1. The van der Waals surface area contributed by atoms with Gasteiger partial charge in [-0.25, -0.2) is 0 Å². The third-order valence-electron chi connectivity index (χ3n) is 3.24. The van der Waals surface area contributed by atoms with Gasteiger partial charge in [-0.2, -0.15) is 0 Å². The summed E-state index contributed by atoms with van der Waals surface area (Å²) in [7, 11) is 1.42. The maximum atomic E-state index is 11.6. The summed E-state index contributed by atoms with van der Waals surface area (Å²) in [5.41, 5.74) is 0.944. The Balaban J connectivity index is 2.13. The number of likely N-dealkylation sites (tertiary alicyclic amines) is 1. The second kappa shape index (κ2) is 5.91. The van der Waals surface area contributed by atoms with Gasteiger partial charge in [-0.3, -0.25) is 9.69 Å². The average Bonchev–Trinajstić information content (AvgIpc) is 2.82. The SMILES string of the molecule is COC(=O)C1CCCN1Cc1cccc(Cl)c1Cl. The number of rotatable bonds is 3. The van der Waals surface area contributed by atoms with Crippen molar-refractivity contribution in [2.75, 3.05) is 13.7 Å². The number of carbonyl (C=O) groups is 1. The summed E-state index contributed by atoms with van der Waals surface area (Å²) in [5.74, 6) is -0.175. The zero-order valence-electron chi connectivity index (χ0n) is 10.2. The van der Waals surface area contributed by atoms with Crippen LogP contribution >= 0.6 is 23.2 Å². The van der Waals surface area contributed by atoms with E-state index in [1.807, 2.05) is 12.1 Å². The molecule has 1 atom stereocenters. The summed E-state index contributed by atoms with van der Waals surface area (Å²) in [5, 5.41) is 1.11. The van der Waals surface area contributed by atoms with Crippen LogP contribution in [-0.4, -0.2) is 30.6 Å². The van der Waals surface area contributed by atoms with E-state index in [2.05, 4.69) is 4.90 Å². The van der Waals surface area contributed by atoms with Crippen LogP contribution < -0.4 is 0 Å². The number of esters is 1. The van der Waals surface area contributed by atoms with E-state index in [-0.39, 0.29) is 12.0 Å². The Morgan fingerprint density at radius 3 is 3.00 bits per heavy atom. The lowest BCUT2D eigenvalue weighted by molar-refractivity contribution is -0.146. The number of hydrogen-bond donors (Lipinski definition) is 0. The second-order valence-electron chi connectivity index (χ2n) is 4.36. The van der Waals surface area contributed by atoms with Gasteiger partial charge in [0.25, 0.3) is 0 Å². The van der Waals surface area contributed by atoms with Crippen LogP contribution in [0.4, 0.5) is 0 Å². The number of benzene rings is 1. The average molecular weight is 288 g/mol. The van der Waals surface area contributed by atoms with E-state index in [1.165, 1.54) is 7.11 Å². The zero-order valence-corrected chi connectivity index (χ0v) is 11.7. The van der Waals surface area contributed by atoms with Crippen molar-refractivity contribution in [1.82, 2.24) is 4.90 Å². The molecule has 0 radical (unpaired) electrons.